The van der Waals surface area contributed by atoms with Crippen molar-refractivity contribution in [3.8, 4) is 11.5 Å². The van der Waals surface area contributed by atoms with Gasteiger partial charge in [0.25, 0.3) is 0 Å². The second kappa shape index (κ2) is 5.96. The van der Waals surface area contributed by atoms with E-state index in [1.165, 1.54) is 6.20 Å². The molecule has 2 N–H and O–H groups in total. The molecule has 0 aliphatic carbocycles. The van der Waals surface area contributed by atoms with Gasteiger partial charge in [-0.1, -0.05) is 19.1 Å². The molecule has 0 amide bonds. The second-order valence-corrected chi connectivity index (χ2v) is 4.61. The predicted molar refractivity (Wildman–Crippen MR) is 74.8 cm³/mol. The van der Waals surface area contributed by atoms with E-state index in [9.17, 15) is 8.78 Å². The topological polar surface area (TPSA) is 53.1 Å². The van der Waals surface area contributed by atoms with Crippen LogP contribution in [0.1, 0.15) is 18.9 Å². The molecule has 1 aromatic heterocycles. The van der Waals surface area contributed by atoms with Gasteiger partial charge in [0.2, 0.25) is 0 Å². The van der Waals surface area contributed by atoms with E-state index in [4.69, 9.17) is 10.5 Å². The minimum absolute atomic E-state index is 0.0786. The van der Waals surface area contributed by atoms with Crippen molar-refractivity contribution in [1.29, 1.82) is 0 Å². The zero-order valence-electron chi connectivity index (χ0n) is 10.8. The van der Waals surface area contributed by atoms with Gasteiger partial charge >= 0.3 is 0 Å². The first-order valence-corrected chi connectivity index (χ1v) is 6.41. The molecular weight excluding hydrogens is 284 g/mol. The largest absolute Gasteiger partial charge is 0.448 e. The molecule has 0 radical (unpaired) electrons. The molecule has 1 aromatic carbocycles. The molecule has 2 aromatic rings. The number of thiocarbonyl (C=S) groups is 1. The molecule has 0 aliphatic rings. The first-order valence-electron chi connectivity index (χ1n) is 6.00. The Morgan fingerprint density at radius 1 is 1.40 bits per heavy atom. The Balaban J connectivity index is 2.26. The van der Waals surface area contributed by atoms with E-state index in [0.29, 0.717) is 6.54 Å². The molecular formula is C13H13F2N3OS. The summed E-state index contributed by atoms with van der Waals surface area (Å²) < 4.78 is 34.4. The van der Waals surface area contributed by atoms with Gasteiger partial charge in [0.05, 0.1) is 12.4 Å². The third-order valence-electron chi connectivity index (χ3n) is 2.56. The molecule has 1 heterocycles. The van der Waals surface area contributed by atoms with Crippen LogP contribution in [0, 0.1) is 11.6 Å². The number of hydrogen-bond acceptors (Lipinski definition) is 3. The number of nitrogens with two attached hydrogens (primary N) is 1. The van der Waals surface area contributed by atoms with Crippen molar-refractivity contribution < 1.29 is 13.5 Å². The third kappa shape index (κ3) is 3.11. The number of rotatable bonds is 5. The molecule has 4 nitrogen and oxygen atoms in total. The van der Waals surface area contributed by atoms with Crippen LogP contribution in [0.25, 0.3) is 0 Å². The fraction of sp³-hybridized carbons (Fsp3) is 0.231. The van der Waals surface area contributed by atoms with Gasteiger partial charge < -0.3 is 10.5 Å². The maximum atomic E-state index is 13.8. The van der Waals surface area contributed by atoms with E-state index in [1.54, 1.807) is 10.9 Å². The van der Waals surface area contributed by atoms with E-state index < -0.39 is 17.4 Å². The highest BCUT2D eigenvalue weighted by atomic mass is 32.1. The normalized spacial score (nSPS) is 10.6. The lowest BCUT2D eigenvalue weighted by Crippen LogP contribution is -2.10. The summed E-state index contributed by atoms with van der Waals surface area (Å²) in [5, 5.41) is 4.01. The molecule has 0 fully saturated rings. The summed E-state index contributed by atoms with van der Waals surface area (Å²) in [7, 11) is 0. The summed E-state index contributed by atoms with van der Waals surface area (Å²) in [5.74, 6) is -1.97. The molecule has 20 heavy (non-hydrogen) atoms. The highest BCUT2D eigenvalue weighted by Crippen LogP contribution is 2.28. The zero-order valence-corrected chi connectivity index (χ0v) is 11.6. The van der Waals surface area contributed by atoms with Gasteiger partial charge in [-0.25, -0.2) is 8.78 Å². The first kappa shape index (κ1) is 14.4. The molecule has 0 saturated carbocycles. The van der Waals surface area contributed by atoms with Crippen molar-refractivity contribution >= 4 is 17.2 Å². The Hall–Kier alpha value is -2.02. The van der Waals surface area contributed by atoms with Crippen LogP contribution >= 0.6 is 12.2 Å². The van der Waals surface area contributed by atoms with Crippen molar-refractivity contribution in [1.82, 2.24) is 9.78 Å². The maximum absolute atomic E-state index is 13.8. The Kier molecular flexibility index (Phi) is 4.29. The van der Waals surface area contributed by atoms with Gasteiger partial charge in [-0.05, 0) is 18.6 Å². The molecule has 0 aliphatic heterocycles. The van der Waals surface area contributed by atoms with E-state index in [1.807, 2.05) is 6.92 Å². The molecule has 7 heteroatoms. The van der Waals surface area contributed by atoms with E-state index in [2.05, 4.69) is 17.3 Å². The molecule has 0 atom stereocenters. The highest BCUT2D eigenvalue weighted by molar-refractivity contribution is 7.80. The summed E-state index contributed by atoms with van der Waals surface area (Å²) in [6.07, 6.45) is 3.87. The van der Waals surface area contributed by atoms with Crippen LogP contribution in [-0.2, 0) is 6.54 Å². The van der Waals surface area contributed by atoms with Crippen molar-refractivity contribution in [3.05, 3.63) is 41.7 Å². The van der Waals surface area contributed by atoms with Crippen molar-refractivity contribution in [2.24, 2.45) is 5.73 Å². The quantitative estimate of drug-likeness (QED) is 0.862. The summed E-state index contributed by atoms with van der Waals surface area (Å²) >= 11 is 4.68. The number of hydrogen-bond donors (Lipinski definition) is 1. The second-order valence-electron chi connectivity index (χ2n) is 4.17. The molecule has 0 bridgehead atoms. The van der Waals surface area contributed by atoms with Gasteiger partial charge in [0.1, 0.15) is 4.99 Å². The van der Waals surface area contributed by atoms with Crippen molar-refractivity contribution in [3.63, 3.8) is 0 Å². The number of aryl methyl sites for hydroxylation is 1. The summed E-state index contributed by atoms with van der Waals surface area (Å²) in [4.78, 5) is -0.0786. The van der Waals surface area contributed by atoms with Crippen LogP contribution in [0.15, 0.2) is 24.5 Å². The van der Waals surface area contributed by atoms with Gasteiger partial charge in [0, 0.05) is 12.1 Å². The number of nitrogens with zero attached hydrogens (tertiary/aromatic N) is 2. The summed E-state index contributed by atoms with van der Waals surface area (Å²) in [5.41, 5.74) is 5.45. The Bertz CT molecular complexity index is 619. The van der Waals surface area contributed by atoms with Gasteiger partial charge in [-0.3, -0.25) is 4.68 Å². The minimum atomic E-state index is -0.865. The average molecular weight is 297 g/mol. The lowest BCUT2D eigenvalue weighted by molar-refractivity contribution is 0.406. The number of aromatic nitrogens is 2. The van der Waals surface area contributed by atoms with Crippen molar-refractivity contribution in [2.75, 3.05) is 0 Å². The maximum Gasteiger partial charge on any atom is 0.198 e. The zero-order chi connectivity index (χ0) is 14.7. The van der Waals surface area contributed by atoms with E-state index >= 15 is 0 Å². The van der Waals surface area contributed by atoms with Gasteiger partial charge in [0.15, 0.2) is 23.1 Å². The molecule has 0 saturated heterocycles. The van der Waals surface area contributed by atoms with Crippen LogP contribution < -0.4 is 10.5 Å². The van der Waals surface area contributed by atoms with Crippen LogP contribution in [0.2, 0.25) is 0 Å². The van der Waals surface area contributed by atoms with Gasteiger partial charge in [-0.15, -0.1) is 0 Å². The van der Waals surface area contributed by atoms with E-state index in [-0.39, 0.29) is 16.3 Å². The lowest BCUT2D eigenvalue weighted by atomic mass is 10.2. The number of benzene rings is 1. The van der Waals surface area contributed by atoms with Crippen LogP contribution in [0.5, 0.6) is 11.5 Å². The fourth-order valence-electron chi connectivity index (χ4n) is 1.67. The number of halogens is 2. The fourth-order valence-corrected chi connectivity index (χ4v) is 1.78. The smallest absolute Gasteiger partial charge is 0.198 e. The standard InChI is InChI=1S/C13H13F2N3OS/c1-2-3-18-7-9(6-17-18)19-12-10(14)4-8(13(16)20)5-11(12)15/h4-7H,2-3H2,1H3,(H2,16,20). The SMILES string of the molecule is CCCn1cc(Oc2c(F)cc(C(N)=S)cc2F)cn1. The van der Waals surface area contributed by atoms with Crippen LogP contribution in [0.3, 0.4) is 0 Å². The van der Waals surface area contributed by atoms with Crippen molar-refractivity contribution in [2.45, 2.75) is 19.9 Å². The summed E-state index contributed by atoms with van der Waals surface area (Å²) in [6.45, 7) is 2.70. The molecule has 0 spiro atoms. The monoisotopic (exact) mass is 297 g/mol. The summed E-state index contributed by atoms with van der Waals surface area (Å²) in [6, 6.07) is 2.08. The van der Waals surface area contributed by atoms with Crippen LogP contribution in [0.4, 0.5) is 8.78 Å². The first-order chi connectivity index (χ1) is 9.51. The third-order valence-corrected chi connectivity index (χ3v) is 2.80. The molecule has 0 unspecified atom stereocenters. The molecule has 106 valence electrons. The Morgan fingerprint density at radius 2 is 2.05 bits per heavy atom. The van der Waals surface area contributed by atoms with Gasteiger partial charge in [-0.2, -0.15) is 5.10 Å². The average Bonchev–Trinajstić information content (AvgIpc) is 2.81. The van der Waals surface area contributed by atoms with E-state index in [0.717, 1.165) is 18.6 Å². The Labute approximate surface area is 120 Å². The number of ether oxygens (including phenoxy) is 1. The Morgan fingerprint density at radius 3 is 2.60 bits per heavy atom. The molecule has 2 rings (SSSR count). The predicted octanol–water partition coefficient (Wildman–Crippen LogP) is 3.00. The van der Waals surface area contributed by atoms with Crippen LogP contribution in [-0.4, -0.2) is 14.8 Å². The lowest BCUT2D eigenvalue weighted by Gasteiger charge is -2.07. The minimum Gasteiger partial charge on any atom is -0.448 e. The highest BCUT2D eigenvalue weighted by Gasteiger charge is 2.15.